The molecule has 0 fully saturated rings. The Balaban J connectivity index is 1.86. The molecule has 0 saturated carbocycles. The fourth-order valence-corrected chi connectivity index (χ4v) is 2.48. The molecular formula is C16H10Cl2N2O3. The van der Waals surface area contributed by atoms with Crippen molar-refractivity contribution in [3.63, 3.8) is 0 Å². The van der Waals surface area contributed by atoms with Crippen LogP contribution in [0.5, 0.6) is 5.75 Å². The second-order valence-corrected chi connectivity index (χ2v) is 5.46. The van der Waals surface area contributed by atoms with E-state index in [0.29, 0.717) is 21.3 Å². The number of nitrogens with one attached hydrogen (secondary N) is 1. The van der Waals surface area contributed by atoms with Crippen LogP contribution in [-0.4, -0.2) is 16.2 Å². The summed E-state index contributed by atoms with van der Waals surface area (Å²) in [4.78, 5) is 12.2. The van der Waals surface area contributed by atoms with E-state index in [0.717, 1.165) is 0 Å². The number of aromatic hydroxyl groups is 1. The third-order valence-electron chi connectivity index (χ3n) is 3.11. The Bertz CT molecular complexity index is 857. The van der Waals surface area contributed by atoms with Crippen molar-refractivity contribution < 1.29 is 14.4 Å². The maximum atomic E-state index is 12.2. The summed E-state index contributed by atoms with van der Waals surface area (Å²) in [6, 6.07) is 12.9. The summed E-state index contributed by atoms with van der Waals surface area (Å²) in [6.07, 6.45) is 0. The number of phenols is 1. The first-order valence-electron chi connectivity index (χ1n) is 6.56. The van der Waals surface area contributed by atoms with Crippen molar-refractivity contribution in [2.75, 3.05) is 5.32 Å². The lowest BCUT2D eigenvalue weighted by Crippen LogP contribution is -2.12. The number of nitrogens with zero attached hydrogens (tertiary/aromatic N) is 1. The summed E-state index contributed by atoms with van der Waals surface area (Å²) in [5.41, 5.74) is 0.780. The highest BCUT2D eigenvalue weighted by molar-refractivity contribution is 6.40. The molecule has 1 aromatic heterocycles. The number of hydrogen-bond acceptors (Lipinski definition) is 4. The standard InChI is InChI=1S/C16H10Cl2N2O3/c17-10-5-3-6-11(18)15(10)19-16(22)12-8-14(23-20-12)9-4-1-2-7-13(9)21/h1-8,21H,(H,19,22). The minimum Gasteiger partial charge on any atom is -0.507 e. The number of amides is 1. The minimum atomic E-state index is -0.523. The molecule has 3 rings (SSSR count). The zero-order valence-electron chi connectivity index (χ0n) is 11.6. The SMILES string of the molecule is O=C(Nc1c(Cl)cccc1Cl)c1cc(-c2ccccc2O)on1. The number of benzene rings is 2. The van der Waals surface area contributed by atoms with Gasteiger partial charge in [-0.2, -0.15) is 0 Å². The third kappa shape index (κ3) is 3.16. The fraction of sp³-hybridized carbons (Fsp3) is 0. The molecule has 0 atom stereocenters. The van der Waals surface area contributed by atoms with Gasteiger partial charge in [-0.15, -0.1) is 0 Å². The maximum absolute atomic E-state index is 12.2. The van der Waals surface area contributed by atoms with E-state index in [2.05, 4.69) is 10.5 Å². The van der Waals surface area contributed by atoms with Gasteiger partial charge in [0.25, 0.3) is 5.91 Å². The molecule has 2 N–H and O–H groups in total. The summed E-state index contributed by atoms with van der Waals surface area (Å²) in [5, 5.41) is 16.7. The molecule has 7 heteroatoms. The van der Waals surface area contributed by atoms with Crippen molar-refractivity contribution >= 4 is 34.8 Å². The summed E-state index contributed by atoms with van der Waals surface area (Å²) < 4.78 is 5.11. The van der Waals surface area contributed by atoms with E-state index in [1.807, 2.05) is 0 Å². The molecule has 1 amide bonds. The van der Waals surface area contributed by atoms with Gasteiger partial charge in [0.15, 0.2) is 11.5 Å². The quantitative estimate of drug-likeness (QED) is 0.724. The van der Waals surface area contributed by atoms with E-state index >= 15 is 0 Å². The minimum absolute atomic E-state index is 0.0322. The number of anilines is 1. The smallest absolute Gasteiger partial charge is 0.277 e. The van der Waals surface area contributed by atoms with Crippen molar-refractivity contribution in [2.24, 2.45) is 0 Å². The van der Waals surface area contributed by atoms with Gasteiger partial charge < -0.3 is 14.9 Å². The Morgan fingerprint density at radius 1 is 1.09 bits per heavy atom. The van der Waals surface area contributed by atoms with Gasteiger partial charge in [0, 0.05) is 6.07 Å². The number of aromatic nitrogens is 1. The van der Waals surface area contributed by atoms with E-state index in [9.17, 15) is 9.90 Å². The molecule has 23 heavy (non-hydrogen) atoms. The Hall–Kier alpha value is -2.50. The van der Waals surface area contributed by atoms with Crippen LogP contribution in [0, 0.1) is 0 Å². The van der Waals surface area contributed by atoms with Gasteiger partial charge in [-0.1, -0.05) is 46.6 Å². The third-order valence-corrected chi connectivity index (χ3v) is 3.74. The lowest BCUT2D eigenvalue weighted by Gasteiger charge is -2.06. The molecule has 2 aromatic carbocycles. The molecule has 0 bridgehead atoms. The van der Waals surface area contributed by atoms with Crippen LogP contribution in [0.25, 0.3) is 11.3 Å². The highest BCUT2D eigenvalue weighted by Gasteiger charge is 2.17. The molecule has 3 aromatic rings. The molecule has 0 saturated heterocycles. The van der Waals surface area contributed by atoms with Gasteiger partial charge in [-0.05, 0) is 24.3 Å². The number of rotatable bonds is 3. The Morgan fingerprint density at radius 2 is 1.78 bits per heavy atom. The summed E-state index contributed by atoms with van der Waals surface area (Å²) in [7, 11) is 0. The summed E-state index contributed by atoms with van der Waals surface area (Å²) in [6.45, 7) is 0. The topological polar surface area (TPSA) is 75.4 Å². The summed E-state index contributed by atoms with van der Waals surface area (Å²) >= 11 is 12.0. The number of carbonyl (C=O) groups excluding carboxylic acids is 1. The highest BCUT2D eigenvalue weighted by atomic mass is 35.5. The second-order valence-electron chi connectivity index (χ2n) is 4.64. The van der Waals surface area contributed by atoms with Gasteiger partial charge in [-0.3, -0.25) is 4.79 Å². The average Bonchev–Trinajstić information content (AvgIpc) is 3.01. The first-order valence-corrected chi connectivity index (χ1v) is 7.32. The van der Waals surface area contributed by atoms with E-state index in [1.54, 1.807) is 36.4 Å². The zero-order chi connectivity index (χ0) is 16.4. The number of hydrogen-bond donors (Lipinski definition) is 2. The zero-order valence-corrected chi connectivity index (χ0v) is 13.1. The first-order chi connectivity index (χ1) is 11.1. The van der Waals surface area contributed by atoms with Crippen molar-refractivity contribution in [3.8, 4) is 17.1 Å². The molecule has 0 aliphatic rings. The molecule has 0 spiro atoms. The predicted octanol–water partition coefficient (Wildman–Crippen LogP) is 4.61. The predicted molar refractivity (Wildman–Crippen MR) is 88.0 cm³/mol. The number of para-hydroxylation sites is 2. The lowest BCUT2D eigenvalue weighted by atomic mass is 10.1. The number of phenolic OH excluding ortho intramolecular Hbond substituents is 1. The van der Waals surface area contributed by atoms with Crippen LogP contribution in [0.15, 0.2) is 53.1 Å². The van der Waals surface area contributed by atoms with Crippen LogP contribution >= 0.6 is 23.2 Å². The molecule has 0 unspecified atom stereocenters. The van der Waals surface area contributed by atoms with Gasteiger partial charge in [0.2, 0.25) is 0 Å². The van der Waals surface area contributed by atoms with Crippen molar-refractivity contribution in [1.29, 1.82) is 0 Å². The Morgan fingerprint density at radius 3 is 2.48 bits per heavy atom. The molecule has 5 nitrogen and oxygen atoms in total. The van der Waals surface area contributed by atoms with E-state index in [4.69, 9.17) is 27.7 Å². The van der Waals surface area contributed by atoms with Gasteiger partial charge in [0.05, 0.1) is 21.3 Å². The lowest BCUT2D eigenvalue weighted by molar-refractivity contribution is 0.101. The van der Waals surface area contributed by atoms with Gasteiger partial charge >= 0.3 is 0 Å². The fourth-order valence-electron chi connectivity index (χ4n) is 1.99. The Kier molecular flexibility index (Phi) is 4.23. The Labute approximate surface area is 141 Å². The first kappa shape index (κ1) is 15.4. The monoisotopic (exact) mass is 348 g/mol. The van der Waals surface area contributed by atoms with E-state index in [1.165, 1.54) is 12.1 Å². The number of carbonyl (C=O) groups is 1. The van der Waals surface area contributed by atoms with E-state index in [-0.39, 0.29) is 17.2 Å². The maximum Gasteiger partial charge on any atom is 0.277 e. The molecular weight excluding hydrogens is 339 g/mol. The number of halogens is 2. The molecule has 1 heterocycles. The van der Waals surface area contributed by atoms with Crippen molar-refractivity contribution in [2.45, 2.75) is 0 Å². The van der Waals surface area contributed by atoms with Crippen LogP contribution in [0.2, 0.25) is 10.0 Å². The normalized spacial score (nSPS) is 10.5. The van der Waals surface area contributed by atoms with Crippen LogP contribution in [0.4, 0.5) is 5.69 Å². The molecule has 0 radical (unpaired) electrons. The second kappa shape index (κ2) is 6.32. The van der Waals surface area contributed by atoms with Gasteiger partial charge in [-0.25, -0.2) is 0 Å². The van der Waals surface area contributed by atoms with Crippen LogP contribution in [0.1, 0.15) is 10.5 Å². The van der Waals surface area contributed by atoms with Crippen LogP contribution < -0.4 is 5.32 Å². The molecule has 116 valence electrons. The molecule has 0 aliphatic carbocycles. The van der Waals surface area contributed by atoms with Crippen molar-refractivity contribution in [3.05, 3.63) is 64.3 Å². The van der Waals surface area contributed by atoms with Crippen molar-refractivity contribution in [1.82, 2.24) is 5.16 Å². The van der Waals surface area contributed by atoms with Gasteiger partial charge in [0.1, 0.15) is 5.75 Å². The van der Waals surface area contributed by atoms with E-state index < -0.39 is 5.91 Å². The summed E-state index contributed by atoms with van der Waals surface area (Å²) in [5.74, 6) is -0.214. The highest BCUT2D eigenvalue weighted by Crippen LogP contribution is 2.31. The molecule has 0 aliphatic heterocycles. The van der Waals surface area contributed by atoms with Crippen LogP contribution in [0.3, 0.4) is 0 Å². The van der Waals surface area contributed by atoms with Crippen LogP contribution in [-0.2, 0) is 0 Å². The largest absolute Gasteiger partial charge is 0.507 e. The average molecular weight is 349 g/mol.